The molecule has 216 valence electrons. The molecule has 1 saturated carbocycles. The zero-order valence-electron chi connectivity index (χ0n) is 26.3. The molecule has 5 rings (SSSR count). The molecule has 17 heteroatoms. The van der Waals surface area contributed by atoms with Gasteiger partial charge >= 0.3 is 12.3 Å². The topological polar surface area (TPSA) is 61.8 Å². The average Bonchev–Trinajstić information content (AvgIpc) is 2.87. The summed E-state index contributed by atoms with van der Waals surface area (Å²) in [4.78, 5) is 26.9. The van der Waals surface area contributed by atoms with Crippen LogP contribution in [0.5, 0.6) is 0 Å². The first kappa shape index (κ1) is 31.0. The molecular weight excluding hydrogens is 535 g/mol. The second kappa shape index (κ2) is 10.6. The maximum Gasteiger partial charge on any atom is 0.434 e. The molecule has 0 N–H and O–H groups in total. The molecule has 2 saturated heterocycles. The summed E-state index contributed by atoms with van der Waals surface area (Å²) in [6, 6.07) is -0.323. The number of anilines is 1. The number of rotatable bonds is 4. The minimum absolute atomic E-state index is 0.0763. The van der Waals surface area contributed by atoms with Crippen molar-refractivity contribution in [2.24, 2.45) is 5.41 Å². The number of carbonyl (C=O) groups is 1. The average molecular weight is 572 g/mol. The maximum absolute atomic E-state index is 13.2. The largest absolute Gasteiger partial charge is 0.446 e. The summed E-state index contributed by atoms with van der Waals surface area (Å²) in [5.74, 6) is 0.370. The van der Waals surface area contributed by atoms with Crippen molar-refractivity contribution in [3.8, 4) is 0 Å². The summed E-state index contributed by atoms with van der Waals surface area (Å²) in [5.41, 5.74) is 7.53. The van der Waals surface area contributed by atoms with E-state index in [4.69, 9.17) is 4.74 Å². The maximum atomic E-state index is 13.2. The van der Waals surface area contributed by atoms with E-state index in [0.29, 0.717) is 18.9 Å². The lowest BCUT2D eigenvalue weighted by Gasteiger charge is -2.63. The van der Waals surface area contributed by atoms with Crippen LogP contribution >= 0.6 is 0 Å². The Morgan fingerprint density at radius 2 is 1.48 bits per heavy atom. The third-order valence-electron chi connectivity index (χ3n) is 10.5. The molecule has 1 aromatic heterocycles. The smallest absolute Gasteiger partial charge is 0.434 e. The molecule has 0 radical (unpaired) electrons. The number of hydrogen-bond acceptors (Lipinski definition) is 6. The molecule has 7 nitrogen and oxygen atoms in total. The quantitative estimate of drug-likeness (QED) is 0.340. The van der Waals surface area contributed by atoms with Gasteiger partial charge in [-0.05, 0) is 32.0 Å². The number of benzene rings is 1. The first-order valence-corrected chi connectivity index (χ1v) is 14.9. The SMILES string of the molecule is Bc1c(B)c(B)c(C(B)(B)N2CC3(CC(OC(=O)N4C[C@H](C)N(c5cnc(C(F)(F)F)cn5)C[C@H]4C)C3)C2)c(B)c1B. The van der Waals surface area contributed by atoms with Gasteiger partial charge in [0.05, 0.1) is 12.4 Å². The Bertz CT molecular complexity index is 1350. The molecule has 2 aromatic rings. The Morgan fingerprint density at radius 1 is 0.905 bits per heavy atom. The third kappa shape index (κ3) is 5.28. The van der Waals surface area contributed by atoms with Crippen molar-refractivity contribution in [1.82, 2.24) is 19.8 Å². The fourth-order valence-electron chi connectivity index (χ4n) is 7.51. The van der Waals surface area contributed by atoms with Gasteiger partial charge in [-0.3, -0.25) is 0 Å². The molecule has 3 aliphatic rings. The highest BCUT2D eigenvalue weighted by Gasteiger charge is 2.57. The summed E-state index contributed by atoms with van der Waals surface area (Å²) in [6.45, 7) is 6.68. The van der Waals surface area contributed by atoms with Gasteiger partial charge < -0.3 is 19.4 Å². The van der Waals surface area contributed by atoms with E-state index in [-0.39, 0.29) is 35.0 Å². The summed E-state index contributed by atoms with van der Waals surface area (Å²) in [7, 11) is 15.8. The van der Waals surface area contributed by atoms with Gasteiger partial charge in [-0.2, -0.15) is 13.2 Å². The number of likely N-dealkylation sites (tertiary alicyclic amines) is 1. The molecule has 2 atom stereocenters. The number of alkyl halides is 3. The van der Waals surface area contributed by atoms with Gasteiger partial charge in [-0.25, -0.2) is 14.8 Å². The van der Waals surface area contributed by atoms with Gasteiger partial charge in [-0.15, -0.1) is 16.4 Å². The van der Waals surface area contributed by atoms with Crippen LogP contribution in [0.2, 0.25) is 0 Å². The molecular formula is C25H37B7F3N5O2. The second-order valence-corrected chi connectivity index (χ2v) is 13.6. The van der Waals surface area contributed by atoms with E-state index < -0.39 is 11.9 Å². The fraction of sp³-hybridized carbons (Fsp3) is 0.560. The zero-order chi connectivity index (χ0) is 30.9. The molecule has 1 spiro atoms. The van der Waals surface area contributed by atoms with Crippen LogP contribution in [0, 0.1) is 5.41 Å². The van der Waals surface area contributed by atoms with Gasteiger partial charge in [0, 0.05) is 43.7 Å². The van der Waals surface area contributed by atoms with Crippen LogP contribution in [-0.4, -0.2) is 125 Å². The molecule has 1 aromatic carbocycles. The normalized spacial score (nSPS) is 23.0. The first-order valence-electron chi connectivity index (χ1n) is 14.9. The molecule has 1 aliphatic carbocycles. The minimum Gasteiger partial charge on any atom is -0.446 e. The van der Waals surface area contributed by atoms with Gasteiger partial charge in [0.15, 0.2) is 5.69 Å². The highest BCUT2D eigenvalue weighted by molar-refractivity contribution is 6.68. The van der Waals surface area contributed by atoms with E-state index >= 15 is 0 Å². The molecule has 2 aliphatic heterocycles. The van der Waals surface area contributed by atoms with E-state index in [2.05, 4.69) is 69.8 Å². The van der Waals surface area contributed by atoms with Gasteiger partial charge in [0.1, 0.15) is 66.8 Å². The van der Waals surface area contributed by atoms with Crippen LogP contribution in [0.25, 0.3) is 0 Å². The Hall–Kier alpha value is -2.43. The van der Waals surface area contributed by atoms with Crippen molar-refractivity contribution >= 4 is 94.1 Å². The molecule has 3 heterocycles. The number of hydrogen-bond donors (Lipinski definition) is 0. The molecule has 42 heavy (non-hydrogen) atoms. The first-order chi connectivity index (χ1) is 19.4. The Kier molecular flexibility index (Phi) is 7.85. The zero-order valence-corrected chi connectivity index (χ0v) is 26.3. The van der Waals surface area contributed by atoms with E-state index in [1.807, 2.05) is 18.7 Å². The molecule has 0 bridgehead atoms. The van der Waals surface area contributed by atoms with E-state index in [0.717, 1.165) is 38.3 Å². The number of carbonyl (C=O) groups excluding carboxylic acids is 1. The Morgan fingerprint density at radius 3 is 2.00 bits per heavy atom. The lowest BCUT2D eigenvalue weighted by atomic mass is 9.46. The summed E-state index contributed by atoms with van der Waals surface area (Å²) >= 11 is 0. The van der Waals surface area contributed by atoms with Gasteiger partial charge in [0.25, 0.3) is 0 Å². The lowest BCUT2D eigenvalue weighted by molar-refractivity contribution is -0.144. The Labute approximate surface area is 252 Å². The van der Waals surface area contributed by atoms with Crippen LogP contribution in [0.3, 0.4) is 0 Å². The summed E-state index contributed by atoms with van der Waals surface area (Å²) in [6.07, 6.45) is -1.27. The van der Waals surface area contributed by atoms with Crippen molar-refractivity contribution in [3.05, 3.63) is 23.7 Å². The van der Waals surface area contributed by atoms with E-state index in [9.17, 15) is 18.0 Å². The number of halogens is 3. The van der Waals surface area contributed by atoms with Crippen molar-refractivity contribution in [2.45, 2.75) is 56.4 Å². The third-order valence-corrected chi connectivity index (χ3v) is 10.5. The van der Waals surface area contributed by atoms with Crippen molar-refractivity contribution in [1.29, 1.82) is 0 Å². The fourth-order valence-corrected chi connectivity index (χ4v) is 7.51. The number of nitrogens with zero attached hydrogens (tertiary/aromatic N) is 5. The molecule has 3 fully saturated rings. The van der Waals surface area contributed by atoms with Crippen LogP contribution in [-0.2, 0) is 16.3 Å². The highest BCUT2D eigenvalue weighted by atomic mass is 19.4. The van der Waals surface area contributed by atoms with E-state index in [1.165, 1.54) is 32.9 Å². The Balaban J connectivity index is 1.15. The van der Waals surface area contributed by atoms with Crippen LogP contribution < -0.4 is 32.2 Å². The van der Waals surface area contributed by atoms with Crippen LogP contribution in [0.1, 0.15) is 37.9 Å². The number of aromatic nitrogens is 2. The van der Waals surface area contributed by atoms with Crippen LogP contribution in [0.15, 0.2) is 12.4 Å². The van der Waals surface area contributed by atoms with Crippen molar-refractivity contribution < 1.29 is 22.7 Å². The predicted octanol–water partition coefficient (Wildman–Crippen LogP) is -6.64. The highest BCUT2D eigenvalue weighted by Crippen LogP contribution is 2.52. The minimum atomic E-state index is -4.53. The lowest BCUT2D eigenvalue weighted by Crippen LogP contribution is -2.72. The standard InChI is InChI=1S/C25H37B7F3N5O2/c1-11-8-40(12(2)7-39(11)15-6-36-14(5-37-15)25(33,34)35)22(41)42-13-3-23(4-13)9-38(10-23)24(31,32)16-17(26)19(28)21(30)20(29)18(16)27/h5-6,11-13H,3-4,7-10,26-32H2,1-2H3/t11-,12+/m0/s1. The summed E-state index contributed by atoms with van der Waals surface area (Å²) < 4.78 is 44.6. The second-order valence-electron chi connectivity index (χ2n) is 13.6. The van der Waals surface area contributed by atoms with Crippen LogP contribution in [0.4, 0.5) is 23.8 Å². The molecule has 0 unspecified atom stereocenters. The van der Waals surface area contributed by atoms with Gasteiger partial charge in [0.2, 0.25) is 0 Å². The molecule has 1 amide bonds. The summed E-state index contributed by atoms with van der Waals surface area (Å²) in [5, 5.41) is -0.0763. The number of piperazine rings is 1. The monoisotopic (exact) mass is 573 g/mol. The van der Waals surface area contributed by atoms with Gasteiger partial charge in [-0.1, -0.05) is 16.5 Å². The van der Waals surface area contributed by atoms with E-state index in [1.54, 1.807) is 4.90 Å². The predicted molar refractivity (Wildman–Crippen MR) is 180 cm³/mol. The van der Waals surface area contributed by atoms with Crippen molar-refractivity contribution in [3.63, 3.8) is 0 Å². The number of amides is 1. The number of ether oxygens (including phenoxy) is 1. The van der Waals surface area contributed by atoms with Crippen molar-refractivity contribution in [2.75, 3.05) is 31.1 Å².